The van der Waals surface area contributed by atoms with E-state index in [1.165, 1.54) is 4.90 Å². The predicted octanol–water partition coefficient (Wildman–Crippen LogP) is -0.775. The Morgan fingerprint density at radius 1 is 1.40 bits per heavy atom. The van der Waals surface area contributed by atoms with Crippen LogP contribution in [0.3, 0.4) is 0 Å². The molecule has 5 nitrogen and oxygen atoms in total. The number of aliphatic hydroxyl groups excluding tert-OH is 2. The minimum absolute atomic E-state index is 0.0904. The number of amides is 1. The van der Waals surface area contributed by atoms with Gasteiger partial charge in [-0.1, -0.05) is 6.92 Å². The van der Waals surface area contributed by atoms with Crippen molar-refractivity contribution in [2.24, 2.45) is 5.92 Å². The summed E-state index contributed by atoms with van der Waals surface area (Å²) in [5.41, 5.74) is 0. The Bertz CT molecular complexity index is 204. The van der Waals surface area contributed by atoms with E-state index < -0.39 is 6.10 Å². The van der Waals surface area contributed by atoms with Crippen LogP contribution in [0.2, 0.25) is 0 Å². The van der Waals surface area contributed by atoms with Crippen LogP contribution in [0.4, 0.5) is 0 Å². The van der Waals surface area contributed by atoms with Gasteiger partial charge in [-0.05, 0) is 12.3 Å². The van der Waals surface area contributed by atoms with Gasteiger partial charge in [0.2, 0.25) is 0 Å². The molecule has 2 atom stereocenters. The highest BCUT2D eigenvalue weighted by Crippen LogP contribution is 2.21. The monoisotopic (exact) mass is 217 g/mol. The van der Waals surface area contributed by atoms with Gasteiger partial charge in [0.1, 0.15) is 6.10 Å². The molecule has 0 aromatic carbocycles. The van der Waals surface area contributed by atoms with E-state index in [1.807, 2.05) is 6.92 Å². The lowest BCUT2D eigenvalue weighted by molar-refractivity contribution is -0.143. The average Bonchev–Trinajstić information content (AvgIpc) is 2.63. The third-order valence-corrected chi connectivity index (χ3v) is 2.68. The third-order valence-electron chi connectivity index (χ3n) is 2.68. The topological polar surface area (TPSA) is 70.0 Å². The van der Waals surface area contributed by atoms with Crippen molar-refractivity contribution < 1.29 is 19.7 Å². The molecule has 15 heavy (non-hydrogen) atoms. The molecular formula is C10H19NO4. The second-order valence-electron chi connectivity index (χ2n) is 3.83. The van der Waals surface area contributed by atoms with Crippen LogP contribution in [-0.2, 0) is 9.53 Å². The lowest BCUT2D eigenvalue weighted by Crippen LogP contribution is -2.43. The second kappa shape index (κ2) is 6.05. The number of rotatable bonds is 5. The van der Waals surface area contributed by atoms with Gasteiger partial charge >= 0.3 is 0 Å². The van der Waals surface area contributed by atoms with Crippen molar-refractivity contribution >= 4 is 5.91 Å². The van der Waals surface area contributed by atoms with E-state index >= 15 is 0 Å². The van der Waals surface area contributed by atoms with Gasteiger partial charge in [0.15, 0.2) is 0 Å². The summed E-state index contributed by atoms with van der Waals surface area (Å²) in [7, 11) is 0. The van der Waals surface area contributed by atoms with Crippen LogP contribution in [0.1, 0.15) is 13.3 Å². The van der Waals surface area contributed by atoms with Crippen molar-refractivity contribution in [1.82, 2.24) is 4.90 Å². The van der Waals surface area contributed by atoms with E-state index in [1.54, 1.807) is 0 Å². The van der Waals surface area contributed by atoms with Crippen molar-refractivity contribution in [2.75, 3.05) is 32.9 Å². The van der Waals surface area contributed by atoms with E-state index in [2.05, 4.69) is 0 Å². The zero-order chi connectivity index (χ0) is 11.3. The number of nitrogens with zero attached hydrogens (tertiary/aromatic N) is 1. The lowest BCUT2D eigenvalue weighted by atomic mass is 10.0. The smallest absolute Gasteiger partial charge is 0.252 e. The SMILES string of the molecule is CC1CCOC1C(=O)N(CCO)CCO. The van der Waals surface area contributed by atoms with Gasteiger partial charge in [-0.2, -0.15) is 0 Å². The zero-order valence-corrected chi connectivity index (χ0v) is 9.06. The molecule has 1 saturated heterocycles. The minimum atomic E-state index is -0.400. The van der Waals surface area contributed by atoms with Crippen molar-refractivity contribution in [2.45, 2.75) is 19.4 Å². The number of hydrogen-bond donors (Lipinski definition) is 2. The van der Waals surface area contributed by atoms with Crippen LogP contribution in [0.15, 0.2) is 0 Å². The van der Waals surface area contributed by atoms with Crippen LogP contribution in [-0.4, -0.2) is 60.0 Å². The standard InChI is InChI=1S/C10H19NO4/c1-8-2-7-15-9(8)10(14)11(3-5-12)4-6-13/h8-9,12-13H,2-7H2,1H3. The fraction of sp³-hybridized carbons (Fsp3) is 0.900. The molecule has 5 heteroatoms. The molecule has 0 bridgehead atoms. The largest absolute Gasteiger partial charge is 0.395 e. The molecule has 1 aliphatic rings. The number of carbonyl (C=O) groups excluding carboxylic acids is 1. The van der Waals surface area contributed by atoms with Gasteiger partial charge in [-0.3, -0.25) is 4.79 Å². The van der Waals surface area contributed by atoms with Gasteiger partial charge in [0.25, 0.3) is 5.91 Å². The fourth-order valence-electron chi connectivity index (χ4n) is 1.76. The normalized spacial score (nSPS) is 25.5. The number of aliphatic hydroxyl groups is 2. The Kier molecular flexibility index (Phi) is 5.01. The summed E-state index contributed by atoms with van der Waals surface area (Å²) in [6.45, 7) is 2.92. The highest BCUT2D eigenvalue weighted by atomic mass is 16.5. The van der Waals surface area contributed by atoms with Crippen LogP contribution in [0, 0.1) is 5.92 Å². The summed E-state index contributed by atoms with van der Waals surface area (Å²) in [5.74, 6) is 0.0977. The number of hydrogen-bond acceptors (Lipinski definition) is 4. The summed E-state index contributed by atoms with van der Waals surface area (Å²) in [6, 6.07) is 0. The zero-order valence-electron chi connectivity index (χ0n) is 9.06. The maximum Gasteiger partial charge on any atom is 0.252 e. The van der Waals surface area contributed by atoms with Crippen molar-refractivity contribution in [3.8, 4) is 0 Å². The van der Waals surface area contributed by atoms with Crippen LogP contribution >= 0.6 is 0 Å². The van der Waals surface area contributed by atoms with Gasteiger partial charge in [-0.25, -0.2) is 0 Å². The first kappa shape index (κ1) is 12.4. The summed E-state index contributed by atoms with van der Waals surface area (Å²) >= 11 is 0. The Balaban J connectivity index is 2.54. The quantitative estimate of drug-likeness (QED) is 0.634. The maximum atomic E-state index is 11.9. The Morgan fingerprint density at radius 2 is 2.00 bits per heavy atom. The average molecular weight is 217 g/mol. The summed E-state index contributed by atoms with van der Waals surface area (Å²) in [6.07, 6.45) is 0.491. The van der Waals surface area contributed by atoms with E-state index in [4.69, 9.17) is 14.9 Å². The molecule has 1 heterocycles. The molecule has 0 aliphatic carbocycles. The van der Waals surface area contributed by atoms with E-state index in [0.717, 1.165) is 6.42 Å². The molecular weight excluding hydrogens is 198 g/mol. The highest BCUT2D eigenvalue weighted by molar-refractivity contribution is 5.81. The van der Waals surface area contributed by atoms with Crippen LogP contribution < -0.4 is 0 Å². The first-order chi connectivity index (χ1) is 7.20. The van der Waals surface area contributed by atoms with Crippen molar-refractivity contribution in [3.05, 3.63) is 0 Å². The van der Waals surface area contributed by atoms with E-state index in [-0.39, 0.29) is 38.1 Å². The molecule has 0 spiro atoms. The molecule has 0 saturated carbocycles. The third kappa shape index (κ3) is 3.15. The molecule has 88 valence electrons. The Labute approximate surface area is 89.6 Å². The fourth-order valence-corrected chi connectivity index (χ4v) is 1.76. The summed E-state index contributed by atoms with van der Waals surface area (Å²) in [5, 5.41) is 17.6. The van der Waals surface area contributed by atoms with Gasteiger partial charge in [0, 0.05) is 19.7 Å². The lowest BCUT2D eigenvalue weighted by Gasteiger charge is -2.25. The van der Waals surface area contributed by atoms with Gasteiger partial charge in [-0.15, -0.1) is 0 Å². The Morgan fingerprint density at radius 3 is 2.40 bits per heavy atom. The predicted molar refractivity (Wildman–Crippen MR) is 54.3 cm³/mol. The Hall–Kier alpha value is -0.650. The maximum absolute atomic E-state index is 11.9. The van der Waals surface area contributed by atoms with Crippen molar-refractivity contribution in [3.63, 3.8) is 0 Å². The molecule has 0 aromatic rings. The van der Waals surface area contributed by atoms with E-state index in [0.29, 0.717) is 6.61 Å². The molecule has 2 unspecified atom stereocenters. The molecule has 1 amide bonds. The van der Waals surface area contributed by atoms with Crippen LogP contribution in [0.5, 0.6) is 0 Å². The molecule has 2 N–H and O–H groups in total. The number of ether oxygens (including phenoxy) is 1. The molecule has 1 fully saturated rings. The number of carbonyl (C=O) groups is 1. The molecule has 0 aromatic heterocycles. The first-order valence-electron chi connectivity index (χ1n) is 5.32. The molecule has 1 rings (SSSR count). The second-order valence-corrected chi connectivity index (χ2v) is 3.83. The first-order valence-corrected chi connectivity index (χ1v) is 5.32. The van der Waals surface area contributed by atoms with Gasteiger partial charge in [0.05, 0.1) is 13.2 Å². The summed E-state index contributed by atoms with van der Waals surface area (Å²) in [4.78, 5) is 13.4. The van der Waals surface area contributed by atoms with Crippen LogP contribution in [0.25, 0.3) is 0 Å². The van der Waals surface area contributed by atoms with E-state index in [9.17, 15) is 4.79 Å². The summed E-state index contributed by atoms with van der Waals surface area (Å²) < 4.78 is 5.35. The molecule has 0 radical (unpaired) electrons. The highest BCUT2D eigenvalue weighted by Gasteiger charge is 2.33. The van der Waals surface area contributed by atoms with Gasteiger partial charge < -0.3 is 19.8 Å². The van der Waals surface area contributed by atoms with Crippen molar-refractivity contribution in [1.29, 1.82) is 0 Å². The molecule has 1 aliphatic heterocycles. The minimum Gasteiger partial charge on any atom is -0.395 e.